The van der Waals surface area contributed by atoms with Crippen LogP contribution in [0.4, 0.5) is 5.69 Å². The molecule has 0 aliphatic carbocycles. The van der Waals surface area contributed by atoms with Crippen LogP contribution in [-0.4, -0.2) is 64.1 Å². The van der Waals surface area contributed by atoms with E-state index in [2.05, 4.69) is 21.2 Å². The van der Waals surface area contributed by atoms with Gasteiger partial charge in [-0.05, 0) is 88.7 Å². The summed E-state index contributed by atoms with van der Waals surface area (Å²) in [5, 5.41) is 2.92. The van der Waals surface area contributed by atoms with Gasteiger partial charge in [0.25, 0.3) is 10.0 Å². The molecule has 0 saturated carbocycles. The minimum Gasteiger partial charge on any atom is -0.494 e. The third kappa shape index (κ3) is 8.88. The van der Waals surface area contributed by atoms with Crippen molar-refractivity contribution < 1.29 is 32.2 Å². The highest BCUT2D eigenvalue weighted by atomic mass is 79.9. The van der Waals surface area contributed by atoms with Crippen molar-refractivity contribution in [2.75, 3.05) is 31.7 Å². The van der Waals surface area contributed by atoms with E-state index in [9.17, 15) is 18.0 Å². The summed E-state index contributed by atoms with van der Waals surface area (Å²) in [5.74, 6) is 0.190. The van der Waals surface area contributed by atoms with E-state index in [0.29, 0.717) is 18.1 Å². The van der Waals surface area contributed by atoms with E-state index >= 15 is 0 Å². The Balaban J connectivity index is 2.09. The Morgan fingerprint density at radius 3 is 2.18 bits per heavy atom. The summed E-state index contributed by atoms with van der Waals surface area (Å²) in [6.45, 7) is 8.95. The topological polar surface area (TPSA) is 114 Å². The maximum absolute atomic E-state index is 14.2. The summed E-state index contributed by atoms with van der Waals surface area (Å²) in [5.41, 5.74) is 0.463. The SMILES string of the molecule is CCOc1ccc(N(CC(=O)N(Cc2cccc(Br)c2)[C@H](C)C(=O)NC(C)(C)C)S(=O)(=O)c2ccc(OC)c(OC)c2)cc1. The molecule has 0 saturated heterocycles. The van der Waals surface area contributed by atoms with Crippen LogP contribution in [0.2, 0.25) is 0 Å². The Morgan fingerprint density at radius 1 is 0.955 bits per heavy atom. The Hall–Kier alpha value is -3.77. The maximum Gasteiger partial charge on any atom is 0.264 e. The lowest BCUT2D eigenvalue weighted by molar-refractivity contribution is -0.140. The van der Waals surface area contributed by atoms with E-state index in [1.807, 2.05) is 52.0 Å². The van der Waals surface area contributed by atoms with Gasteiger partial charge in [0.15, 0.2) is 11.5 Å². The zero-order chi connectivity index (χ0) is 32.7. The van der Waals surface area contributed by atoms with Crippen LogP contribution in [0.3, 0.4) is 0 Å². The van der Waals surface area contributed by atoms with Crippen molar-refractivity contribution in [3.8, 4) is 17.2 Å². The number of amides is 2. The van der Waals surface area contributed by atoms with E-state index in [4.69, 9.17) is 14.2 Å². The molecule has 0 bridgehead atoms. The fraction of sp³-hybridized carbons (Fsp3) is 0.375. The van der Waals surface area contributed by atoms with E-state index in [0.717, 1.165) is 14.3 Å². The predicted molar refractivity (Wildman–Crippen MR) is 174 cm³/mol. The number of benzene rings is 3. The van der Waals surface area contributed by atoms with Gasteiger partial charge < -0.3 is 24.4 Å². The summed E-state index contributed by atoms with van der Waals surface area (Å²) in [4.78, 5) is 28.7. The number of anilines is 1. The molecule has 0 aromatic heterocycles. The lowest BCUT2D eigenvalue weighted by Gasteiger charge is -2.33. The number of nitrogens with one attached hydrogen (secondary N) is 1. The molecule has 0 aliphatic rings. The number of carbonyl (C=O) groups excluding carboxylic acids is 2. The van der Waals surface area contributed by atoms with Crippen LogP contribution in [-0.2, 0) is 26.2 Å². The molecule has 3 aromatic rings. The molecular weight excluding hydrogens is 650 g/mol. The first-order valence-electron chi connectivity index (χ1n) is 14.0. The van der Waals surface area contributed by atoms with Gasteiger partial charge >= 0.3 is 0 Å². The summed E-state index contributed by atoms with van der Waals surface area (Å²) >= 11 is 3.46. The number of methoxy groups -OCH3 is 2. The smallest absolute Gasteiger partial charge is 0.264 e. The van der Waals surface area contributed by atoms with Crippen LogP contribution < -0.4 is 23.8 Å². The molecule has 0 unspecified atom stereocenters. The predicted octanol–water partition coefficient (Wildman–Crippen LogP) is 5.39. The fourth-order valence-electron chi connectivity index (χ4n) is 4.40. The van der Waals surface area contributed by atoms with Crippen LogP contribution in [0, 0.1) is 0 Å². The number of carbonyl (C=O) groups is 2. The number of halogens is 1. The molecule has 0 aliphatic heterocycles. The van der Waals surface area contributed by atoms with Gasteiger partial charge in [-0.3, -0.25) is 13.9 Å². The molecule has 44 heavy (non-hydrogen) atoms. The average Bonchev–Trinajstić information content (AvgIpc) is 2.97. The molecule has 3 rings (SSSR count). The van der Waals surface area contributed by atoms with E-state index in [1.165, 1.54) is 37.3 Å². The number of hydrogen-bond acceptors (Lipinski definition) is 7. The minimum absolute atomic E-state index is 0.0739. The highest BCUT2D eigenvalue weighted by molar-refractivity contribution is 9.10. The monoisotopic (exact) mass is 689 g/mol. The Morgan fingerprint density at radius 2 is 1.61 bits per heavy atom. The van der Waals surface area contributed by atoms with Gasteiger partial charge in [0.05, 0.1) is 31.4 Å². The summed E-state index contributed by atoms with van der Waals surface area (Å²) in [6.07, 6.45) is 0. The number of sulfonamides is 1. The first-order chi connectivity index (χ1) is 20.7. The highest BCUT2D eigenvalue weighted by Gasteiger charge is 2.34. The largest absolute Gasteiger partial charge is 0.494 e. The second kappa shape index (κ2) is 14.8. The van der Waals surface area contributed by atoms with Crippen LogP contribution >= 0.6 is 15.9 Å². The Kier molecular flexibility index (Phi) is 11.7. The quantitative estimate of drug-likeness (QED) is 0.256. The molecule has 0 fully saturated rings. The van der Waals surface area contributed by atoms with Crippen LogP contribution in [0.1, 0.15) is 40.2 Å². The Labute approximate surface area is 268 Å². The zero-order valence-electron chi connectivity index (χ0n) is 26.1. The number of nitrogens with zero attached hydrogens (tertiary/aromatic N) is 2. The van der Waals surface area contributed by atoms with Gasteiger partial charge in [0.2, 0.25) is 11.8 Å². The summed E-state index contributed by atoms with van der Waals surface area (Å²) in [7, 11) is -1.46. The summed E-state index contributed by atoms with van der Waals surface area (Å²) < 4.78 is 46.4. The van der Waals surface area contributed by atoms with Crippen molar-refractivity contribution in [2.45, 2.75) is 57.6 Å². The third-order valence-corrected chi connectivity index (χ3v) is 8.83. The Bertz CT molecular complexity index is 1560. The van der Waals surface area contributed by atoms with Gasteiger partial charge in [-0.2, -0.15) is 0 Å². The molecule has 0 radical (unpaired) electrons. The van der Waals surface area contributed by atoms with Gasteiger partial charge in [0.1, 0.15) is 18.3 Å². The van der Waals surface area contributed by atoms with E-state index < -0.39 is 34.1 Å². The average molecular weight is 691 g/mol. The number of ether oxygens (including phenoxy) is 3. The highest BCUT2D eigenvalue weighted by Crippen LogP contribution is 2.33. The normalized spacial score (nSPS) is 12.2. The lowest BCUT2D eigenvalue weighted by atomic mass is 10.1. The second-order valence-electron chi connectivity index (χ2n) is 11.0. The van der Waals surface area contributed by atoms with Crippen LogP contribution in [0.5, 0.6) is 17.2 Å². The van der Waals surface area contributed by atoms with Gasteiger partial charge in [-0.15, -0.1) is 0 Å². The lowest BCUT2D eigenvalue weighted by Crippen LogP contribution is -2.54. The number of hydrogen-bond donors (Lipinski definition) is 1. The van der Waals surface area contributed by atoms with Gasteiger partial charge in [-0.1, -0.05) is 28.1 Å². The molecule has 0 heterocycles. The minimum atomic E-state index is -4.32. The number of rotatable bonds is 13. The molecule has 238 valence electrons. The van der Waals surface area contributed by atoms with Crippen molar-refractivity contribution in [3.05, 3.63) is 76.8 Å². The molecule has 3 aromatic carbocycles. The van der Waals surface area contributed by atoms with Crippen molar-refractivity contribution in [3.63, 3.8) is 0 Å². The fourth-order valence-corrected chi connectivity index (χ4v) is 6.27. The van der Waals surface area contributed by atoms with E-state index in [1.54, 1.807) is 31.2 Å². The summed E-state index contributed by atoms with van der Waals surface area (Å²) in [6, 6.07) is 17.1. The molecule has 1 N–H and O–H groups in total. The standard InChI is InChI=1S/C32H40BrN3O7S/c1-8-43-26-14-12-25(13-15-26)36(44(39,40)27-16-17-28(41-6)29(19-27)42-7)21-30(37)35(20-23-10-9-11-24(33)18-23)22(2)31(38)34-32(3,4)5/h9-19,22H,8,20-21H2,1-7H3,(H,34,38)/t22-/m1/s1. The van der Waals surface area contributed by atoms with Crippen LogP contribution in [0.25, 0.3) is 0 Å². The molecule has 2 amide bonds. The van der Waals surface area contributed by atoms with Crippen molar-refractivity contribution in [1.82, 2.24) is 10.2 Å². The molecular formula is C32H40BrN3O7S. The zero-order valence-corrected chi connectivity index (χ0v) is 28.5. The first-order valence-corrected chi connectivity index (χ1v) is 16.3. The van der Waals surface area contributed by atoms with Crippen molar-refractivity contribution in [2.24, 2.45) is 0 Å². The van der Waals surface area contributed by atoms with Crippen LogP contribution in [0.15, 0.2) is 76.1 Å². The van der Waals surface area contributed by atoms with Crippen molar-refractivity contribution in [1.29, 1.82) is 0 Å². The third-order valence-electron chi connectivity index (χ3n) is 6.57. The molecule has 12 heteroatoms. The molecule has 10 nitrogen and oxygen atoms in total. The van der Waals surface area contributed by atoms with E-state index in [-0.39, 0.29) is 28.8 Å². The molecule has 0 spiro atoms. The first kappa shape index (κ1) is 34.7. The van der Waals surface area contributed by atoms with Gasteiger partial charge in [0, 0.05) is 22.6 Å². The molecule has 1 atom stereocenters. The maximum atomic E-state index is 14.2. The second-order valence-corrected chi connectivity index (χ2v) is 13.8. The van der Waals surface area contributed by atoms with Gasteiger partial charge in [-0.25, -0.2) is 8.42 Å². The van der Waals surface area contributed by atoms with Crippen molar-refractivity contribution >= 4 is 43.5 Å².